The number of nitrogens with zero attached hydrogens (tertiary/aromatic N) is 1. The number of benzene rings is 1. The van der Waals surface area contributed by atoms with E-state index < -0.39 is 11.6 Å². The van der Waals surface area contributed by atoms with Crippen molar-refractivity contribution >= 4 is 40.4 Å². The van der Waals surface area contributed by atoms with Crippen molar-refractivity contribution in [3.8, 4) is 0 Å². The third kappa shape index (κ3) is 4.10. The van der Waals surface area contributed by atoms with E-state index >= 15 is 0 Å². The molecule has 1 amide bonds. The Morgan fingerprint density at radius 1 is 1.43 bits per heavy atom. The van der Waals surface area contributed by atoms with Crippen molar-refractivity contribution < 1.29 is 23.5 Å². The Labute approximate surface area is 132 Å². The molecule has 1 aromatic carbocycles. The number of rotatable bonds is 3. The quantitative estimate of drug-likeness (QED) is 0.640. The average molecular weight is 339 g/mol. The van der Waals surface area contributed by atoms with Crippen LogP contribution >= 0.6 is 11.3 Å². The lowest BCUT2D eigenvalue weighted by molar-refractivity contribution is -0.123. The fourth-order valence-corrected chi connectivity index (χ4v) is 2.62. The number of carbonyl (C=O) groups excluding carboxylic acids is 1. The summed E-state index contributed by atoms with van der Waals surface area (Å²) in [6.45, 7) is -0.250. The van der Waals surface area contributed by atoms with Gasteiger partial charge in [0.15, 0.2) is 5.82 Å². The summed E-state index contributed by atoms with van der Waals surface area (Å²) in [5.74, 6) is -1.70. The van der Waals surface area contributed by atoms with E-state index in [9.17, 15) is 13.6 Å². The maximum Gasteiger partial charge on any atom is 0.290 e. The molecule has 0 spiro atoms. The van der Waals surface area contributed by atoms with Crippen molar-refractivity contribution in [2.45, 2.75) is 6.42 Å². The minimum absolute atomic E-state index is 0.0686. The molecule has 2 heterocycles. The number of fused-ring (bicyclic) bond motifs is 1. The van der Waals surface area contributed by atoms with E-state index in [-0.39, 0.29) is 35.5 Å². The molecule has 0 aliphatic heterocycles. The van der Waals surface area contributed by atoms with Gasteiger partial charge in [-0.25, -0.2) is 8.78 Å². The van der Waals surface area contributed by atoms with E-state index in [0.717, 1.165) is 17.0 Å². The molecule has 3 aromatic rings. The summed E-state index contributed by atoms with van der Waals surface area (Å²) in [7, 11) is 0. The third-order valence-electron chi connectivity index (χ3n) is 2.75. The zero-order valence-corrected chi connectivity index (χ0v) is 12.4. The maximum atomic E-state index is 13.7. The van der Waals surface area contributed by atoms with E-state index in [4.69, 9.17) is 9.90 Å². The monoisotopic (exact) mass is 339 g/mol. The van der Waals surface area contributed by atoms with Gasteiger partial charge in [0.1, 0.15) is 11.6 Å². The summed E-state index contributed by atoms with van der Waals surface area (Å²) in [5, 5.41) is 17.7. The topological polar surface area (TPSA) is 95.1 Å². The van der Waals surface area contributed by atoms with Crippen LogP contribution in [0.2, 0.25) is 0 Å². The van der Waals surface area contributed by atoms with Gasteiger partial charge in [0, 0.05) is 10.9 Å². The standard InChI is InChI=1S/C13H9F2N3OS.CH2O2/c14-7-4-9(15)12-10(5-7)17-18-13(12)16-11(19)6-8-2-1-3-20-8;2-1-3/h1-5H,6H2,(H2,16,17,18,19);1H,(H,2,3). The highest BCUT2D eigenvalue weighted by atomic mass is 32.1. The van der Waals surface area contributed by atoms with Gasteiger partial charge in [-0.3, -0.25) is 14.7 Å². The summed E-state index contributed by atoms with van der Waals surface area (Å²) in [5.41, 5.74) is 0.203. The second-order valence-corrected chi connectivity index (χ2v) is 5.32. The van der Waals surface area contributed by atoms with Crippen molar-refractivity contribution in [2.75, 3.05) is 5.32 Å². The number of halogens is 2. The van der Waals surface area contributed by atoms with Crippen LogP contribution < -0.4 is 5.32 Å². The molecule has 0 bridgehead atoms. The molecule has 0 saturated heterocycles. The van der Waals surface area contributed by atoms with Crippen LogP contribution in [0.25, 0.3) is 10.9 Å². The van der Waals surface area contributed by atoms with E-state index in [0.29, 0.717) is 0 Å². The van der Waals surface area contributed by atoms with Crippen molar-refractivity contribution in [1.82, 2.24) is 10.2 Å². The van der Waals surface area contributed by atoms with E-state index in [1.54, 1.807) is 0 Å². The molecule has 120 valence electrons. The molecule has 0 radical (unpaired) electrons. The molecule has 6 nitrogen and oxygen atoms in total. The van der Waals surface area contributed by atoms with Crippen LogP contribution in [0.15, 0.2) is 29.6 Å². The van der Waals surface area contributed by atoms with Gasteiger partial charge in [0.25, 0.3) is 6.47 Å². The summed E-state index contributed by atoms with van der Waals surface area (Å²) in [4.78, 5) is 21.1. The Kier molecular flexibility index (Phi) is 5.36. The summed E-state index contributed by atoms with van der Waals surface area (Å²) < 4.78 is 26.8. The summed E-state index contributed by atoms with van der Waals surface area (Å²) >= 11 is 1.46. The van der Waals surface area contributed by atoms with Gasteiger partial charge in [0.2, 0.25) is 5.91 Å². The molecule has 0 fully saturated rings. The summed E-state index contributed by atoms with van der Waals surface area (Å²) in [6, 6.07) is 5.57. The number of amides is 1. The molecule has 0 aliphatic carbocycles. The Morgan fingerprint density at radius 3 is 2.83 bits per heavy atom. The number of hydrogen-bond acceptors (Lipinski definition) is 4. The van der Waals surface area contributed by atoms with Gasteiger partial charge >= 0.3 is 0 Å². The average Bonchev–Trinajstić information content (AvgIpc) is 3.10. The molecule has 3 N–H and O–H groups in total. The fourth-order valence-electron chi connectivity index (χ4n) is 1.91. The Hall–Kier alpha value is -2.81. The van der Waals surface area contributed by atoms with E-state index in [1.165, 1.54) is 11.3 Å². The SMILES string of the molecule is O=C(Cc1cccs1)Nc1n[nH]c2cc(F)cc(F)c12.O=CO. The summed E-state index contributed by atoms with van der Waals surface area (Å²) in [6.07, 6.45) is 0.189. The van der Waals surface area contributed by atoms with Crippen LogP contribution in [0.5, 0.6) is 0 Å². The number of H-pyrrole nitrogens is 1. The first-order chi connectivity index (χ1) is 11.0. The van der Waals surface area contributed by atoms with Gasteiger partial charge in [-0.05, 0) is 17.5 Å². The number of anilines is 1. The molecular weight excluding hydrogens is 328 g/mol. The molecular formula is C14H11F2N3O3S. The molecule has 2 aromatic heterocycles. The number of aromatic amines is 1. The molecule has 9 heteroatoms. The van der Waals surface area contributed by atoms with Gasteiger partial charge in [-0.1, -0.05) is 6.07 Å². The van der Waals surface area contributed by atoms with Crippen LogP contribution in [0.1, 0.15) is 4.88 Å². The first kappa shape index (κ1) is 16.6. The molecule has 0 atom stereocenters. The van der Waals surface area contributed by atoms with Crippen LogP contribution in [0, 0.1) is 11.6 Å². The first-order valence-corrected chi connectivity index (χ1v) is 7.16. The maximum absolute atomic E-state index is 13.7. The second kappa shape index (κ2) is 7.45. The van der Waals surface area contributed by atoms with Gasteiger partial charge in [0.05, 0.1) is 17.3 Å². The Balaban J connectivity index is 0.000000595. The minimum atomic E-state index is -0.764. The molecule has 0 saturated carbocycles. The second-order valence-electron chi connectivity index (χ2n) is 4.29. The number of nitrogens with one attached hydrogen (secondary N) is 2. The van der Waals surface area contributed by atoms with Gasteiger partial charge in [-0.2, -0.15) is 5.10 Å². The van der Waals surface area contributed by atoms with Crippen molar-refractivity contribution in [2.24, 2.45) is 0 Å². The smallest absolute Gasteiger partial charge is 0.290 e. The van der Waals surface area contributed by atoms with Gasteiger partial charge in [-0.15, -0.1) is 11.3 Å². The molecule has 0 aliphatic rings. The third-order valence-corrected chi connectivity index (χ3v) is 3.63. The number of thiophene rings is 1. The predicted molar refractivity (Wildman–Crippen MR) is 81.4 cm³/mol. The Bertz CT molecular complexity index is 818. The van der Waals surface area contributed by atoms with Crippen molar-refractivity contribution in [3.63, 3.8) is 0 Å². The lowest BCUT2D eigenvalue weighted by atomic mass is 10.2. The highest BCUT2D eigenvalue weighted by molar-refractivity contribution is 7.10. The molecule has 0 unspecified atom stereocenters. The Morgan fingerprint density at radius 2 is 2.17 bits per heavy atom. The number of carbonyl (C=O) groups is 2. The lowest BCUT2D eigenvalue weighted by Gasteiger charge is -2.01. The number of hydrogen-bond donors (Lipinski definition) is 3. The number of aromatic nitrogens is 2. The first-order valence-electron chi connectivity index (χ1n) is 6.28. The minimum Gasteiger partial charge on any atom is -0.483 e. The van der Waals surface area contributed by atoms with Crippen molar-refractivity contribution in [1.29, 1.82) is 0 Å². The van der Waals surface area contributed by atoms with Crippen LogP contribution in [-0.2, 0) is 16.0 Å². The van der Waals surface area contributed by atoms with E-state index in [2.05, 4.69) is 15.5 Å². The highest BCUT2D eigenvalue weighted by Crippen LogP contribution is 2.25. The van der Waals surface area contributed by atoms with Crippen LogP contribution in [-0.4, -0.2) is 27.7 Å². The van der Waals surface area contributed by atoms with Crippen molar-refractivity contribution in [3.05, 3.63) is 46.2 Å². The molecule has 3 rings (SSSR count). The fraction of sp³-hybridized carbons (Fsp3) is 0.0714. The van der Waals surface area contributed by atoms with Crippen LogP contribution in [0.4, 0.5) is 14.6 Å². The van der Waals surface area contributed by atoms with E-state index in [1.807, 2.05) is 17.5 Å². The predicted octanol–water partition coefficient (Wildman–Crippen LogP) is 2.78. The highest BCUT2D eigenvalue weighted by Gasteiger charge is 2.15. The zero-order chi connectivity index (χ0) is 16.8. The molecule has 23 heavy (non-hydrogen) atoms. The lowest BCUT2D eigenvalue weighted by Crippen LogP contribution is -2.14. The zero-order valence-electron chi connectivity index (χ0n) is 11.5. The number of carboxylic acid groups (broad SMARTS) is 1. The van der Waals surface area contributed by atoms with Gasteiger partial charge < -0.3 is 10.4 Å². The largest absolute Gasteiger partial charge is 0.483 e. The normalized spacial score (nSPS) is 10.0. The van der Waals surface area contributed by atoms with Crippen LogP contribution in [0.3, 0.4) is 0 Å².